The maximum atomic E-state index is 14.1. The highest BCUT2D eigenvalue weighted by molar-refractivity contribution is 6.35. The lowest BCUT2D eigenvalue weighted by Gasteiger charge is -2.10. The van der Waals surface area contributed by atoms with Crippen molar-refractivity contribution in [2.75, 3.05) is 6.61 Å². The molecule has 2 aromatic heterocycles. The summed E-state index contributed by atoms with van der Waals surface area (Å²) >= 11 is 18.8. The summed E-state index contributed by atoms with van der Waals surface area (Å²) in [6.07, 6.45) is 0.0275. The van der Waals surface area contributed by atoms with Gasteiger partial charge in [0.05, 0.1) is 12.3 Å². The van der Waals surface area contributed by atoms with Gasteiger partial charge in [0.25, 0.3) is 0 Å². The smallest absolute Gasteiger partial charge is 0.343 e. The molecule has 0 atom stereocenters. The molecule has 0 aliphatic heterocycles. The first-order valence-corrected chi connectivity index (χ1v) is 8.81. The van der Waals surface area contributed by atoms with Gasteiger partial charge in [0.15, 0.2) is 5.65 Å². The minimum absolute atomic E-state index is 0.0275. The highest BCUT2D eigenvalue weighted by atomic mass is 35.5. The number of halogens is 4. The van der Waals surface area contributed by atoms with E-state index in [1.54, 1.807) is 19.9 Å². The highest BCUT2D eigenvalue weighted by Crippen LogP contribution is 2.31. The normalized spacial score (nSPS) is 11.2. The molecule has 3 rings (SSSR count). The minimum atomic E-state index is -0.565. The Bertz CT molecular complexity index is 1000. The van der Waals surface area contributed by atoms with Crippen LogP contribution in [0, 0.1) is 12.7 Å². The van der Waals surface area contributed by atoms with Gasteiger partial charge in [-0.3, -0.25) is 0 Å². The van der Waals surface area contributed by atoms with Crippen LogP contribution in [0.2, 0.25) is 15.3 Å². The fraction of sp³-hybridized carbons (Fsp3) is 0.235. The van der Waals surface area contributed by atoms with E-state index in [4.69, 9.17) is 39.5 Å². The summed E-state index contributed by atoms with van der Waals surface area (Å²) in [6.45, 7) is 3.54. The van der Waals surface area contributed by atoms with Crippen LogP contribution in [0.4, 0.5) is 4.39 Å². The van der Waals surface area contributed by atoms with Gasteiger partial charge in [-0.15, -0.1) is 0 Å². The van der Waals surface area contributed by atoms with Gasteiger partial charge in [0.2, 0.25) is 0 Å². The number of carbonyl (C=O) groups is 1. The summed E-state index contributed by atoms with van der Waals surface area (Å²) in [5, 5.41) is 4.65. The van der Waals surface area contributed by atoms with Crippen molar-refractivity contribution in [1.82, 2.24) is 14.6 Å². The van der Waals surface area contributed by atoms with Crippen LogP contribution in [0.25, 0.3) is 5.65 Å². The quantitative estimate of drug-likeness (QED) is 0.448. The lowest BCUT2D eigenvalue weighted by Crippen LogP contribution is -2.07. The molecule has 0 saturated carbocycles. The first kappa shape index (κ1) is 18.9. The van der Waals surface area contributed by atoms with E-state index in [2.05, 4.69) is 10.1 Å². The lowest BCUT2D eigenvalue weighted by atomic mass is 10.1. The van der Waals surface area contributed by atoms with Gasteiger partial charge in [-0.1, -0.05) is 40.9 Å². The van der Waals surface area contributed by atoms with E-state index in [0.29, 0.717) is 11.3 Å². The number of nitrogens with zero attached hydrogens (tertiary/aromatic N) is 3. The highest BCUT2D eigenvalue weighted by Gasteiger charge is 2.24. The zero-order valence-corrected chi connectivity index (χ0v) is 16.1. The van der Waals surface area contributed by atoms with E-state index in [0.717, 1.165) is 0 Å². The zero-order valence-electron chi connectivity index (χ0n) is 13.8. The van der Waals surface area contributed by atoms with Gasteiger partial charge < -0.3 is 4.74 Å². The Morgan fingerprint density at radius 1 is 1.27 bits per heavy atom. The molecule has 0 bridgehead atoms. The van der Waals surface area contributed by atoms with Crippen molar-refractivity contribution in [3.05, 3.63) is 61.7 Å². The van der Waals surface area contributed by atoms with Crippen molar-refractivity contribution in [3.8, 4) is 0 Å². The van der Waals surface area contributed by atoms with E-state index < -0.39 is 11.8 Å². The van der Waals surface area contributed by atoms with E-state index >= 15 is 0 Å². The van der Waals surface area contributed by atoms with Crippen molar-refractivity contribution in [1.29, 1.82) is 0 Å². The van der Waals surface area contributed by atoms with Crippen LogP contribution in [-0.2, 0) is 11.2 Å². The molecule has 3 aromatic rings. The van der Waals surface area contributed by atoms with Crippen molar-refractivity contribution in [3.63, 3.8) is 0 Å². The Kier molecular flexibility index (Phi) is 5.37. The van der Waals surface area contributed by atoms with Crippen molar-refractivity contribution < 1.29 is 13.9 Å². The molecular formula is C17H13Cl3FN3O2. The Morgan fingerprint density at radius 3 is 2.65 bits per heavy atom. The first-order chi connectivity index (χ1) is 12.3. The average molecular weight is 417 g/mol. The largest absolute Gasteiger partial charge is 0.462 e. The average Bonchev–Trinajstić information content (AvgIpc) is 2.90. The Labute approximate surface area is 163 Å². The second-order valence-corrected chi connectivity index (χ2v) is 6.59. The third-order valence-electron chi connectivity index (χ3n) is 3.82. The molecule has 0 saturated heterocycles. The SMILES string of the molecule is CCOC(=O)c1c(C)nn2c(Cl)c(Cc3c(F)cccc3Cl)c(Cl)nc12. The van der Waals surface area contributed by atoms with E-state index in [1.807, 2.05) is 0 Å². The van der Waals surface area contributed by atoms with Crippen LogP contribution in [0.5, 0.6) is 0 Å². The number of rotatable bonds is 4. The second kappa shape index (κ2) is 7.39. The van der Waals surface area contributed by atoms with Gasteiger partial charge in [-0.05, 0) is 26.0 Å². The zero-order chi connectivity index (χ0) is 19.0. The Hall–Kier alpha value is -1.89. The summed E-state index contributed by atoms with van der Waals surface area (Å²) in [4.78, 5) is 16.4. The minimum Gasteiger partial charge on any atom is -0.462 e. The predicted octanol–water partition coefficient (Wildman–Crippen LogP) is 4.90. The van der Waals surface area contributed by atoms with Gasteiger partial charge in [0, 0.05) is 22.6 Å². The summed E-state index contributed by atoms with van der Waals surface area (Å²) < 4.78 is 20.4. The summed E-state index contributed by atoms with van der Waals surface area (Å²) in [5.74, 6) is -1.04. The molecule has 2 heterocycles. The van der Waals surface area contributed by atoms with Gasteiger partial charge in [0.1, 0.15) is 21.7 Å². The molecule has 1 aromatic carbocycles. The molecule has 0 fully saturated rings. The molecule has 26 heavy (non-hydrogen) atoms. The van der Waals surface area contributed by atoms with Gasteiger partial charge in [-0.25, -0.2) is 18.7 Å². The summed E-state index contributed by atoms with van der Waals surface area (Å²) in [5.41, 5.74) is 1.36. The van der Waals surface area contributed by atoms with Crippen molar-refractivity contribution in [2.24, 2.45) is 0 Å². The van der Waals surface area contributed by atoms with E-state index in [1.165, 1.54) is 16.6 Å². The predicted molar refractivity (Wildman–Crippen MR) is 97.9 cm³/mol. The maximum absolute atomic E-state index is 14.1. The number of benzene rings is 1. The molecule has 0 N–H and O–H groups in total. The number of fused-ring (bicyclic) bond motifs is 1. The molecule has 9 heteroatoms. The monoisotopic (exact) mass is 415 g/mol. The van der Waals surface area contributed by atoms with Crippen LogP contribution in [0.3, 0.4) is 0 Å². The molecule has 0 spiro atoms. The fourth-order valence-corrected chi connectivity index (χ4v) is 3.38. The third kappa shape index (κ3) is 3.24. The number of aryl methyl sites for hydroxylation is 1. The first-order valence-electron chi connectivity index (χ1n) is 7.68. The number of ether oxygens (including phenoxy) is 1. The topological polar surface area (TPSA) is 56.5 Å². The van der Waals surface area contributed by atoms with Crippen LogP contribution in [0.1, 0.15) is 34.1 Å². The molecule has 0 radical (unpaired) electrons. The number of aromatic nitrogens is 3. The third-order valence-corrected chi connectivity index (χ3v) is 4.87. The van der Waals surface area contributed by atoms with Crippen molar-refractivity contribution >= 4 is 46.4 Å². The van der Waals surface area contributed by atoms with E-state index in [-0.39, 0.29) is 45.1 Å². The maximum Gasteiger partial charge on any atom is 0.343 e. The summed E-state index contributed by atoms with van der Waals surface area (Å²) in [6, 6.07) is 4.38. The number of hydrogen-bond acceptors (Lipinski definition) is 4. The second-order valence-electron chi connectivity index (χ2n) is 5.47. The molecule has 0 amide bonds. The molecule has 0 aliphatic carbocycles. The van der Waals surface area contributed by atoms with Crippen LogP contribution in [0.15, 0.2) is 18.2 Å². The number of carbonyl (C=O) groups excluding carboxylic acids is 1. The number of esters is 1. The van der Waals surface area contributed by atoms with Crippen LogP contribution >= 0.6 is 34.8 Å². The molecule has 0 unspecified atom stereocenters. The Balaban J connectivity index is 2.16. The van der Waals surface area contributed by atoms with Gasteiger partial charge in [-0.2, -0.15) is 5.10 Å². The standard InChI is InChI=1S/C17H13Cl3FN3O2/c1-3-26-17(25)13-8(2)23-24-15(20)10(14(19)22-16(13)24)7-9-11(18)5-4-6-12(9)21/h4-6H,3,7H2,1-2H3. The molecule has 5 nitrogen and oxygen atoms in total. The Morgan fingerprint density at radius 2 is 2.00 bits per heavy atom. The molecular weight excluding hydrogens is 404 g/mol. The fourth-order valence-electron chi connectivity index (χ4n) is 2.59. The van der Waals surface area contributed by atoms with Crippen LogP contribution in [-0.4, -0.2) is 27.2 Å². The van der Waals surface area contributed by atoms with E-state index in [9.17, 15) is 9.18 Å². The molecule has 0 aliphatic rings. The number of hydrogen-bond donors (Lipinski definition) is 0. The van der Waals surface area contributed by atoms with Gasteiger partial charge >= 0.3 is 5.97 Å². The van der Waals surface area contributed by atoms with Crippen LogP contribution < -0.4 is 0 Å². The van der Waals surface area contributed by atoms with Crippen molar-refractivity contribution in [2.45, 2.75) is 20.3 Å². The summed E-state index contributed by atoms with van der Waals surface area (Å²) in [7, 11) is 0. The molecule has 136 valence electrons. The lowest BCUT2D eigenvalue weighted by molar-refractivity contribution is 0.0527.